The van der Waals surface area contributed by atoms with Crippen molar-refractivity contribution in [2.75, 3.05) is 0 Å². The molecular weight excluding hydrogens is 232 g/mol. The molecule has 0 bridgehead atoms. The van der Waals surface area contributed by atoms with E-state index < -0.39 is 23.0 Å². The van der Waals surface area contributed by atoms with Gasteiger partial charge in [0.1, 0.15) is 5.60 Å². The van der Waals surface area contributed by atoms with Crippen LogP contribution in [-0.2, 0) is 14.3 Å². The summed E-state index contributed by atoms with van der Waals surface area (Å²) in [4.78, 5) is 23.7. The van der Waals surface area contributed by atoms with Crippen LogP contribution in [0.5, 0.6) is 0 Å². The molecule has 0 spiro atoms. The molecule has 0 aliphatic carbocycles. The molecule has 0 amide bonds. The van der Waals surface area contributed by atoms with Crippen LogP contribution in [0.25, 0.3) is 0 Å². The van der Waals surface area contributed by atoms with Crippen LogP contribution in [0, 0.1) is 5.41 Å². The molecule has 0 aromatic carbocycles. The molecular formula is C14H24O4. The molecule has 4 nitrogen and oxygen atoms in total. The minimum atomic E-state index is -1.56. The highest BCUT2D eigenvalue weighted by Crippen LogP contribution is 2.31. The number of unbranched alkanes of at least 4 members (excludes halogenated alkanes) is 1. The van der Waals surface area contributed by atoms with E-state index in [0.717, 1.165) is 6.42 Å². The molecule has 104 valence electrons. The Morgan fingerprint density at radius 2 is 1.83 bits per heavy atom. The van der Waals surface area contributed by atoms with Crippen molar-refractivity contribution < 1.29 is 19.4 Å². The second-order valence-electron chi connectivity index (χ2n) is 5.38. The Kier molecular flexibility index (Phi) is 6.09. The van der Waals surface area contributed by atoms with Crippen LogP contribution in [0.4, 0.5) is 0 Å². The van der Waals surface area contributed by atoms with Crippen LogP contribution in [-0.4, -0.2) is 22.6 Å². The van der Waals surface area contributed by atoms with Gasteiger partial charge in [-0.25, -0.2) is 0 Å². The summed E-state index contributed by atoms with van der Waals surface area (Å²) in [5.74, 6) is -1.84. The predicted octanol–water partition coefficient (Wildman–Crippen LogP) is 3.17. The Balaban J connectivity index is 5.28. The van der Waals surface area contributed by atoms with Gasteiger partial charge in [-0.15, -0.1) is 0 Å². The first-order valence-electron chi connectivity index (χ1n) is 6.30. The molecule has 4 heteroatoms. The number of hydrogen-bond donors (Lipinski definition) is 1. The van der Waals surface area contributed by atoms with Gasteiger partial charge in [0.05, 0.1) is 0 Å². The van der Waals surface area contributed by atoms with Gasteiger partial charge in [-0.05, 0) is 34.1 Å². The van der Waals surface area contributed by atoms with Gasteiger partial charge in [0.15, 0.2) is 5.41 Å². The SMILES string of the molecule is C/C=C/C(CCCC)(C(=O)O)C(=O)OC(C)(C)C. The van der Waals surface area contributed by atoms with Crippen LogP contribution in [0.3, 0.4) is 0 Å². The molecule has 0 heterocycles. The number of hydrogen-bond acceptors (Lipinski definition) is 3. The third-order valence-corrected chi connectivity index (χ3v) is 2.52. The number of esters is 1. The standard InChI is InChI=1S/C14H24O4/c1-6-8-10-14(9-7-2,11(15)16)12(17)18-13(3,4)5/h7,9H,6,8,10H2,1-5H3,(H,15,16)/b9-7+. The molecule has 0 fully saturated rings. The second kappa shape index (κ2) is 6.57. The van der Waals surface area contributed by atoms with Crippen molar-refractivity contribution in [3.63, 3.8) is 0 Å². The fourth-order valence-electron chi connectivity index (χ4n) is 1.63. The van der Waals surface area contributed by atoms with Gasteiger partial charge in [0, 0.05) is 0 Å². The van der Waals surface area contributed by atoms with Gasteiger partial charge in [-0.2, -0.15) is 0 Å². The number of ether oxygens (including phenoxy) is 1. The maximum absolute atomic E-state index is 12.2. The maximum Gasteiger partial charge on any atom is 0.327 e. The van der Waals surface area contributed by atoms with E-state index in [1.54, 1.807) is 33.8 Å². The summed E-state index contributed by atoms with van der Waals surface area (Å²) >= 11 is 0. The molecule has 1 N–H and O–H groups in total. The molecule has 1 unspecified atom stereocenters. The summed E-state index contributed by atoms with van der Waals surface area (Å²) in [7, 11) is 0. The summed E-state index contributed by atoms with van der Waals surface area (Å²) in [5.41, 5.74) is -2.25. The Morgan fingerprint density at radius 3 is 2.17 bits per heavy atom. The van der Waals surface area contributed by atoms with E-state index in [4.69, 9.17) is 4.74 Å². The highest BCUT2D eigenvalue weighted by Gasteiger charge is 2.46. The van der Waals surface area contributed by atoms with Gasteiger partial charge in [0.25, 0.3) is 0 Å². The number of allylic oxidation sites excluding steroid dienone is 1. The van der Waals surface area contributed by atoms with Crippen molar-refractivity contribution in [3.8, 4) is 0 Å². The molecule has 1 atom stereocenters. The number of carboxylic acid groups (broad SMARTS) is 1. The van der Waals surface area contributed by atoms with E-state index in [-0.39, 0.29) is 6.42 Å². The summed E-state index contributed by atoms with van der Waals surface area (Å²) in [5, 5.41) is 9.40. The topological polar surface area (TPSA) is 63.6 Å². The number of carbonyl (C=O) groups excluding carboxylic acids is 1. The first kappa shape index (κ1) is 16.7. The highest BCUT2D eigenvalue weighted by molar-refractivity contribution is 6.01. The quantitative estimate of drug-likeness (QED) is 0.450. The average Bonchev–Trinajstić information content (AvgIpc) is 2.21. The minimum absolute atomic E-state index is 0.262. The van der Waals surface area contributed by atoms with Crippen LogP contribution in [0.1, 0.15) is 53.9 Å². The summed E-state index contributed by atoms with van der Waals surface area (Å²) in [6, 6.07) is 0. The third-order valence-electron chi connectivity index (χ3n) is 2.52. The zero-order valence-corrected chi connectivity index (χ0v) is 11.9. The van der Waals surface area contributed by atoms with Crippen LogP contribution in [0.15, 0.2) is 12.2 Å². The van der Waals surface area contributed by atoms with E-state index in [1.807, 2.05) is 6.92 Å². The largest absolute Gasteiger partial charge is 0.480 e. The first-order chi connectivity index (χ1) is 8.19. The number of carbonyl (C=O) groups is 2. The lowest BCUT2D eigenvalue weighted by Gasteiger charge is -2.29. The number of aliphatic carboxylic acids is 1. The van der Waals surface area contributed by atoms with Gasteiger partial charge < -0.3 is 9.84 Å². The molecule has 0 rings (SSSR count). The third kappa shape index (κ3) is 4.51. The average molecular weight is 256 g/mol. The first-order valence-corrected chi connectivity index (χ1v) is 6.30. The summed E-state index contributed by atoms with van der Waals surface area (Å²) in [6.07, 6.45) is 4.77. The molecule has 0 aliphatic rings. The fourth-order valence-corrected chi connectivity index (χ4v) is 1.63. The minimum Gasteiger partial charge on any atom is -0.480 e. The van der Waals surface area contributed by atoms with E-state index in [9.17, 15) is 14.7 Å². The molecule has 18 heavy (non-hydrogen) atoms. The van der Waals surface area contributed by atoms with Crippen molar-refractivity contribution in [2.24, 2.45) is 5.41 Å². The Morgan fingerprint density at radius 1 is 1.28 bits per heavy atom. The second-order valence-corrected chi connectivity index (χ2v) is 5.38. The van der Waals surface area contributed by atoms with Gasteiger partial charge >= 0.3 is 11.9 Å². The zero-order chi connectivity index (χ0) is 14.4. The van der Waals surface area contributed by atoms with Crippen molar-refractivity contribution in [1.29, 1.82) is 0 Å². The smallest absolute Gasteiger partial charge is 0.327 e. The maximum atomic E-state index is 12.2. The van der Waals surface area contributed by atoms with Crippen LogP contribution < -0.4 is 0 Å². The molecule has 0 aromatic rings. The molecule has 0 saturated heterocycles. The molecule has 0 aliphatic heterocycles. The molecule has 0 aromatic heterocycles. The highest BCUT2D eigenvalue weighted by atomic mass is 16.6. The Labute approximate surface area is 109 Å². The monoisotopic (exact) mass is 256 g/mol. The van der Waals surface area contributed by atoms with E-state index in [0.29, 0.717) is 6.42 Å². The lowest BCUT2D eigenvalue weighted by molar-refractivity contribution is -0.173. The normalized spacial score (nSPS) is 15.4. The van der Waals surface area contributed by atoms with Gasteiger partial charge in [-0.3, -0.25) is 9.59 Å². The van der Waals surface area contributed by atoms with Crippen molar-refractivity contribution in [3.05, 3.63) is 12.2 Å². The van der Waals surface area contributed by atoms with Crippen molar-refractivity contribution in [1.82, 2.24) is 0 Å². The Hall–Kier alpha value is -1.32. The summed E-state index contributed by atoms with van der Waals surface area (Å²) < 4.78 is 5.24. The Bertz CT molecular complexity index is 325. The lowest BCUT2D eigenvalue weighted by atomic mass is 9.82. The van der Waals surface area contributed by atoms with E-state index >= 15 is 0 Å². The van der Waals surface area contributed by atoms with Crippen molar-refractivity contribution in [2.45, 2.75) is 59.5 Å². The van der Waals surface area contributed by atoms with Crippen LogP contribution >= 0.6 is 0 Å². The zero-order valence-electron chi connectivity index (χ0n) is 11.9. The fraction of sp³-hybridized carbons (Fsp3) is 0.714. The molecule has 0 saturated carbocycles. The molecule has 0 radical (unpaired) electrons. The van der Waals surface area contributed by atoms with Crippen LogP contribution in [0.2, 0.25) is 0 Å². The van der Waals surface area contributed by atoms with Gasteiger partial charge in [0.2, 0.25) is 0 Å². The number of carboxylic acids is 1. The van der Waals surface area contributed by atoms with E-state index in [2.05, 4.69) is 0 Å². The van der Waals surface area contributed by atoms with Crippen molar-refractivity contribution >= 4 is 11.9 Å². The number of rotatable bonds is 6. The summed E-state index contributed by atoms with van der Waals surface area (Å²) in [6.45, 7) is 8.85. The van der Waals surface area contributed by atoms with Gasteiger partial charge in [-0.1, -0.05) is 31.9 Å². The van der Waals surface area contributed by atoms with E-state index in [1.165, 1.54) is 6.08 Å². The lowest BCUT2D eigenvalue weighted by Crippen LogP contribution is -2.42. The predicted molar refractivity (Wildman–Crippen MR) is 70.3 cm³/mol.